The Hall–Kier alpha value is -2.94. The van der Waals surface area contributed by atoms with Crippen LogP contribution in [0.5, 0.6) is 0 Å². The van der Waals surface area contributed by atoms with Gasteiger partial charge >= 0.3 is 0 Å². The molecule has 0 atom stereocenters. The molecule has 1 aliphatic heterocycles. The van der Waals surface area contributed by atoms with Gasteiger partial charge in [-0.2, -0.15) is 0 Å². The number of aliphatic imine (C=N–C) groups is 1. The predicted molar refractivity (Wildman–Crippen MR) is 112 cm³/mol. The molecule has 2 aromatic rings. The first kappa shape index (κ1) is 21.8. The number of piperazine rings is 1. The summed E-state index contributed by atoms with van der Waals surface area (Å²) >= 11 is 0. The maximum Gasteiger partial charge on any atom is 0.224 e. The van der Waals surface area contributed by atoms with Crippen LogP contribution in [0.3, 0.4) is 0 Å². The van der Waals surface area contributed by atoms with Crippen molar-refractivity contribution in [2.75, 3.05) is 45.8 Å². The summed E-state index contributed by atoms with van der Waals surface area (Å²) in [5.41, 5.74) is 1.73. The van der Waals surface area contributed by atoms with Gasteiger partial charge in [0.25, 0.3) is 0 Å². The van der Waals surface area contributed by atoms with Crippen molar-refractivity contribution < 1.29 is 13.7 Å². The Labute approximate surface area is 176 Å². The third-order valence-corrected chi connectivity index (χ3v) is 4.86. The molecule has 162 valence electrons. The standard InChI is InChI=1S/C21H29FN6O2/c1-2-23-21(28-12-10-27(11-13-28)16-19-7-14-30-26-19)25-9-8-24-20(29)15-17-3-5-18(22)6-4-17/h3-7,14H,2,8-13,15-16H2,1H3,(H,23,25)(H,24,29). The number of hydrogen-bond donors (Lipinski definition) is 2. The van der Waals surface area contributed by atoms with Gasteiger partial charge in [0, 0.05) is 51.9 Å². The van der Waals surface area contributed by atoms with Crippen LogP contribution < -0.4 is 10.6 Å². The van der Waals surface area contributed by atoms with Gasteiger partial charge in [-0.05, 0) is 24.6 Å². The number of carbonyl (C=O) groups is 1. The maximum absolute atomic E-state index is 12.9. The highest BCUT2D eigenvalue weighted by molar-refractivity contribution is 5.80. The van der Waals surface area contributed by atoms with E-state index in [-0.39, 0.29) is 18.1 Å². The number of aromatic nitrogens is 1. The molecule has 2 heterocycles. The largest absolute Gasteiger partial charge is 0.364 e. The van der Waals surface area contributed by atoms with Gasteiger partial charge in [0.1, 0.15) is 12.1 Å². The summed E-state index contributed by atoms with van der Waals surface area (Å²) in [6.07, 6.45) is 1.83. The molecule has 2 N–H and O–H groups in total. The highest BCUT2D eigenvalue weighted by atomic mass is 19.1. The van der Waals surface area contributed by atoms with E-state index in [1.165, 1.54) is 12.1 Å². The summed E-state index contributed by atoms with van der Waals surface area (Å²) < 4.78 is 17.8. The van der Waals surface area contributed by atoms with Crippen LogP contribution in [0, 0.1) is 5.82 Å². The number of hydrogen-bond acceptors (Lipinski definition) is 5. The summed E-state index contributed by atoms with van der Waals surface area (Å²) in [6, 6.07) is 7.86. The third-order valence-electron chi connectivity index (χ3n) is 4.86. The Balaban J connectivity index is 1.40. The number of carbonyl (C=O) groups excluding carboxylic acids is 1. The van der Waals surface area contributed by atoms with E-state index in [1.807, 2.05) is 13.0 Å². The molecule has 1 aliphatic rings. The average molecular weight is 417 g/mol. The summed E-state index contributed by atoms with van der Waals surface area (Å²) in [5, 5.41) is 10.2. The highest BCUT2D eigenvalue weighted by Gasteiger charge is 2.20. The molecule has 3 rings (SSSR count). The first-order valence-electron chi connectivity index (χ1n) is 10.3. The van der Waals surface area contributed by atoms with E-state index in [4.69, 9.17) is 4.52 Å². The molecule has 0 aliphatic carbocycles. The average Bonchev–Trinajstić information content (AvgIpc) is 3.26. The highest BCUT2D eigenvalue weighted by Crippen LogP contribution is 2.07. The summed E-state index contributed by atoms with van der Waals surface area (Å²) in [6.45, 7) is 8.17. The van der Waals surface area contributed by atoms with E-state index < -0.39 is 0 Å². The van der Waals surface area contributed by atoms with Gasteiger partial charge < -0.3 is 20.1 Å². The number of rotatable bonds is 8. The lowest BCUT2D eigenvalue weighted by atomic mass is 10.1. The molecule has 1 fully saturated rings. The fraction of sp³-hybridized carbons (Fsp3) is 0.476. The van der Waals surface area contributed by atoms with Crippen molar-refractivity contribution >= 4 is 11.9 Å². The third kappa shape index (κ3) is 6.84. The lowest BCUT2D eigenvalue weighted by molar-refractivity contribution is -0.120. The number of amides is 1. The SMILES string of the molecule is CCNC(=NCCNC(=O)Cc1ccc(F)cc1)N1CCN(Cc2ccon2)CC1. The number of benzene rings is 1. The van der Waals surface area contributed by atoms with Crippen molar-refractivity contribution in [1.29, 1.82) is 0 Å². The zero-order chi connectivity index (χ0) is 21.2. The molecule has 1 amide bonds. The van der Waals surface area contributed by atoms with Crippen LogP contribution in [0.4, 0.5) is 4.39 Å². The van der Waals surface area contributed by atoms with Gasteiger partial charge in [-0.3, -0.25) is 14.7 Å². The minimum absolute atomic E-state index is 0.0942. The van der Waals surface area contributed by atoms with Crippen LogP contribution in [0.2, 0.25) is 0 Å². The zero-order valence-electron chi connectivity index (χ0n) is 17.3. The fourth-order valence-corrected chi connectivity index (χ4v) is 3.30. The van der Waals surface area contributed by atoms with E-state index in [0.717, 1.165) is 56.5 Å². The topological polar surface area (TPSA) is 86.0 Å². The number of nitrogens with zero attached hydrogens (tertiary/aromatic N) is 4. The van der Waals surface area contributed by atoms with Crippen LogP contribution in [-0.2, 0) is 17.8 Å². The molecule has 30 heavy (non-hydrogen) atoms. The second-order valence-electron chi connectivity index (χ2n) is 7.14. The Bertz CT molecular complexity index is 801. The number of nitrogens with one attached hydrogen (secondary N) is 2. The van der Waals surface area contributed by atoms with E-state index in [1.54, 1.807) is 18.4 Å². The smallest absolute Gasteiger partial charge is 0.224 e. The van der Waals surface area contributed by atoms with Crippen molar-refractivity contribution in [3.05, 3.63) is 53.7 Å². The van der Waals surface area contributed by atoms with Crippen LogP contribution in [-0.4, -0.2) is 72.6 Å². The molecule has 8 nitrogen and oxygen atoms in total. The van der Waals surface area contributed by atoms with Crippen LogP contribution in [0.1, 0.15) is 18.2 Å². The number of halogens is 1. The molecular formula is C21H29FN6O2. The quantitative estimate of drug-likeness (QED) is 0.383. The second kappa shape index (κ2) is 11.3. The second-order valence-corrected chi connectivity index (χ2v) is 7.14. The van der Waals surface area contributed by atoms with Crippen LogP contribution in [0.15, 0.2) is 46.1 Å². The molecule has 1 aromatic heterocycles. The minimum Gasteiger partial charge on any atom is -0.364 e. The van der Waals surface area contributed by atoms with Crippen molar-refractivity contribution in [2.45, 2.75) is 19.9 Å². The van der Waals surface area contributed by atoms with Gasteiger partial charge in [0.2, 0.25) is 5.91 Å². The van der Waals surface area contributed by atoms with Gasteiger partial charge in [-0.15, -0.1) is 0 Å². The molecule has 0 spiro atoms. The molecule has 0 unspecified atom stereocenters. The van der Waals surface area contributed by atoms with Crippen molar-refractivity contribution in [1.82, 2.24) is 25.6 Å². The van der Waals surface area contributed by atoms with E-state index >= 15 is 0 Å². The van der Waals surface area contributed by atoms with E-state index in [9.17, 15) is 9.18 Å². The van der Waals surface area contributed by atoms with Crippen molar-refractivity contribution in [3.63, 3.8) is 0 Å². The van der Waals surface area contributed by atoms with E-state index in [0.29, 0.717) is 13.1 Å². The first-order chi connectivity index (χ1) is 14.6. The molecule has 0 bridgehead atoms. The number of guanidine groups is 1. The normalized spacial score (nSPS) is 15.3. The van der Waals surface area contributed by atoms with Crippen LogP contribution in [0.25, 0.3) is 0 Å². The Morgan fingerprint density at radius 1 is 1.17 bits per heavy atom. The molecule has 1 saturated heterocycles. The molecular weight excluding hydrogens is 387 g/mol. The summed E-state index contributed by atoms with van der Waals surface area (Å²) in [4.78, 5) is 21.3. The van der Waals surface area contributed by atoms with Gasteiger partial charge in [0.05, 0.1) is 18.7 Å². The molecule has 0 saturated carbocycles. The maximum atomic E-state index is 12.9. The zero-order valence-corrected chi connectivity index (χ0v) is 17.3. The lowest BCUT2D eigenvalue weighted by Gasteiger charge is -2.36. The van der Waals surface area contributed by atoms with Crippen molar-refractivity contribution in [2.24, 2.45) is 4.99 Å². The van der Waals surface area contributed by atoms with E-state index in [2.05, 4.69) is 30.6 Å². The molecule has 0 radical (unpaired) electrons. The van der Waals surface area contributed by atoms with Gasteiger partial charge in [0.15, 0.2) is 5.96 Å². The monoisotopic (exact) mass is 416 g/mol. The summed E-state index contributed by atoms with van der Waals surface area (Å²) in [7, 11) is 0. The predicted octanol–water partition coefficient (Wildman–Crippen LogP) is 1.26. The fourth-order valence-electron chi connectivity index (χ4n) is 3.30. The van der Waals surface area contributed by atoms with Crippen LogP contribution >= 0.6 is 0 Å². The lowest BCUT2D eigenvalue weighted by Crippen LogP contribution is -2.52. The Kier molecular flexibility index (Phi) is 8.20. The minimum atomic E-state index is -0.302. The Morgan fingerprint density at radius 2 is 1.93 bits per heavy atom. The molecule has 9 heteroatoms. The van der Waals surface area contributed by atoms with Crippen molar-refractivity contribution in [3.8, 4) is 0 Å². The Morgan fingerprint density at radius 3 is 2.60 bits per heavy atom. The first-order valence-corrected chi connectivity index (χ1v) is 10.3. The summed E-state index contributed by atoms with van der Waals surface area (Å²) in [5.74, 6) is 0.470. The van der Waals surface area contributed by atoms with Gasteiger partial charge in [-0.1, -0.05) is 17.3 Å². The molecule has 1 aromatic carbocycles. The van der Waals surface area contributed by atoms with Gasteiger partial charge in [-0.25, -0.2) is 4.39 Å².